The molecule has 3 aliphatic rings. The van der Waals surface area contributed by atoms with Crippen LogP contribution in [0.2, 0.25) is 0 Å². The van der Waals surface area contributed by atoms with Gasteiger partial charge in [-0.25, -0.2) is 0 Å². The van der Waals surface area contributed by atoms with E-state index in [1.807, 2.05) is 0 Å². The van der Waals surface area contributed by atoms with Crippen molar-refractivity contribution in [1.29, 1.82) is 0 Å². The summed E-state index contributed by atoms with van der Waals surface area (Å²) < 4.78 is 0. The fourth-order valence-electron chi connectivity index (χ4n) is 4.34. The van der Waals surface area contributed by atoms with Crippen molar-refractivity contribution >= 4 is 0 Å². The van der Waals surface area contributed by atoms with E-state index in [0.717, 1.165) is 29.3 Å². The minimum absolute atomic E-state index is 0.732. The highest BCUT2D eigenvalue weighted by atomic mass is 15.4. The lowest BCUT2D eigenvalue weighted by molar-refractivity contribution is 0.206. The van der Waals surface area contributed by atoms with Crippen molar-refractivity contribution in [3.8, 4) is 0 Å². The molecule has 2 N–H and O–H groups in total. The van der Waals surface area contributed by atoms with Crippen LogP contribution in [-0.4, -0.2) is 12.1 Å². The molecule has 3 saturated carbocycles. The van der Waals surface area contributed by atoms with E-state index in [9.17, 15) is 0 Å². The van der Waals surface area contributed by atoms with Crippen LogP contribution in [0, 0.1) is 17.3 Å². The molecule has 0 bridgehead atoms. The smallest absolute Gasteiger partial charge is 0.0218 e. The van der Waals surface area contributed by atoms with E-state index in [1.54, 1.807) is 0 Å². The first-order valence-corrected chi connectivity index (χ1v) is 8.19. The molecule has 3 atom stereocenters. The van der Waals surface area contributed by atoms with E-state index in [1.165, 1.54) is 57.8 Å². The summed E-state index contributed by atoms with van der Waals surface area (Å²) in [6, 6.07) is 1.47. The zero-order valence-electron chi connectivity index (χ0n) is 12.2. The Labute approximate surface area is 112 Å². The molecule has 2 nitrogen and oxygen atoms in total. The van der Waals surface area contributed by atoms with Crippen molar-refractivity contribution < 1.29 is 0 Å². The van der Waals surface area contributed by atoms with E-state index >= 15 is 0 Å². The van der Waals surface area contributed by atoms with Crippen LogP contribution in [-0.2, 0) is 0 Å². The highest BCUT2D eigenvalue weighted by Crippen LogP contribution is 2.60. The van der Waals surface area contributed by atoms with Gasteiger partial charge in [0.2, 0.25) is 0 Å². The van der Waals surface area contributed by atoms with Crippen molar-refractivity contribution in [2.75, 3.05) is 0 Å². The number of hydrazine groups is 1. The van der Waals surface area contributed by atoms with Gasteiger partial charge in [0.25, 0.3) is 0 Å². The second-order valence-electron chi connectivity index (χ2n) is 7.51. The second-order valence-corrected chi connectivity index (χ2v) is 7.51. The van der Waals surface area contributed by atoms with Gasteiger partial charge < -0.3 is 0 Å². The van der Waals surface area contributed by atoms with E-state index in [4.69, 9.17) is 0 Å². The Hall–Kier alpha value is -0.0800. The van der Waals surface area contributed by atoms with Gasteiger partial charge in [-0.3, -0.25) is 10.9 Å². The summed E-state index contributed by atoms with van der Waals surface area (Å²) in [5.74, 6) is 1.95. The van der Waals surface area contributed by atoms with E-state index in [-0.39, 0.29) is 0 Å². The monoisotopic (exact) mass is 250 g/mol. The molecule has 0 heterocycles. The SMILES string of the molecule is CC1CCC(NN[C@@H]2CCCC3(CC3C)C2)CC1. The van der Waals surface area contributed by atoms with Crippen LogP contribution in [0.3, 0.4) is 0 Å². The molecule has 3 rings (SSSR count). The molecular weight excluding hydrogens is 220 g/mol. The summed E-state index contributed by atoms with van der Waals surface area (Å²) in [6.07, 6.45) is 12.8. The third-order valence-electron chi connectivity index (χ3n) is 5.99. The summed E-state index contributed by atoms with van der Waals surface area (Å²) in [4.78, 5) is 0. The highest BCUT2D eigenvalue weighted by Gasteiger charge is 2.52. The maximum absolute atomic E-state index is 3.67. The first-order valence-electron chi connectivity index (χ1n) is 8.19. The zero-order valence-corrected chi connectivity index (χ0v) is 12.2. The summed E-state index contributed by atoms with van der Waals surface area (Å²) in [5, 5.41) is 0. The minimum atomic E-state index is 0.732. The third kappa shape index (κ3) is 2.75. The fraction of sp³-hybridized carbons (Fsp3) is 1.00. The third-order valence-corrected chi connectivity index (χ3v) is 5.99. The highest BCUT2D eigenvalue weighted by molar-refractivity contribution is 5.04. The number of hydrogen-bond acceptors (Lipinski definition) is 2. The molecule has 1 spiro atoms. The Morgan fingerprint density at radius 1 is 0.833 bits per heavy atom. The summed E-state index contributed by atoms with van der Waals surface area (Å²) in [5.41, 5.74) is 8.06. The van der Waals surface area contributed by atoms with Crippen LogP contribution in [0.4, 0.5) is 0 Å². The molecule has 0 saturated heterocycles. The van der Waals surface area contributed by atoms with Crippen LogP contribution in [0.1, 0.15) is 71.6 Å². The second kappa shape index (κ2) is 5.13. The Balaban J connectivity index is 1.40. The Morgan fingerprint density at radius 3 is 2.17 bits per heavy atom. The summed E-state index contributed by atoms with van der Waals surface area (Å²) in [6.45, 7) is 4.83. The quantitative estimate of drug-likeness (QED) is 0.747. The standard InChI is InChI=1S/C16H30N2/c1-12-5-7-14(8-6-12)17-18-15-4-3-9-16(11-15)10-13(16)2/h12-15,17-18H,3-11H2,1-2H3/t12?,13?,14?,15-,16?/m1/s1. The summed E-state index contributed by atoms with van der Waals surface area (Å²) >= 11 is 0. The predicted molar refractivity (Wildman–Crippen MR) is 76.2 cm³/mol. The summed E-state index contributed by atoms with van der Waals surface area (Å²) in [7, 11) is 0. The number of nitrogens with one attached hydrogen (secondary N) is 2. The van der Waals surface area contributed by atoms with Crippen molar-refractivity contribution in [2.24, 2.45) is 17.3 Å². The molecule has 0 amide bonds. The maximum atomic E-state index is 3.67. The zero-order chi connectivity index (χ0) is 12.6. The molecule has 104 valence electrons. The van der Waals surface area contributed by atoms with Crippen LogP contribution in [0.15, 0.2) is 0 Å². The topological polar surface area (TPSA) is 24.1 Å². The number of rotatable bonds is 3. The molecule has 3 aliphatic carbocycles. The molecule has 18 heavy (non-hydrogen) atoms. The van der Waals surface area contributed by atoms with Gasteiger partial charge in [0.1, 0.15) is 0 Å². The molecule has 0 aromatic heterocycles. The molecular formula is C16H30N2. The van der Waals surface area contributed by atoms with Gasteiger partial charge >= 0.3 is 0 Å². The molecule has 3 fully saturated rings. The molecule has 2 unspecified atom stereocenters. The van der Waals surface area contributed by atoms with Crippen LogP contribution < -0.4 is 10.9 Å². The Bertz CT molecular complexity index is 283. The molecule has 0 aliphatic heterocycles. The number of hydrogen-bond donors (Lipinski definition) is 2. The van der Waals surface area contributed by atoms with Crippen molar-refractivity contribution in [3.05, 3.63) is 0 Å². The lowest BCUT2D eigenvalue weighted by Crippen LogP contribution is -2.49. The van der Waals surface area contributed by atoms with Gasteiger partial charge in [-0.2, -0.15) is 0 Å². The Morgan fingerprint density at radius 2 is 1.50 bits per heavy atom. The van der Waals surface area contributed by atoms with Gasteiger partial charge in [-0.1, -0.05) is 20.3 Å². The van der Waals surface area contributed by atoms with Gasteiger partial charge in [-0.05, 0) is 68.6 Å². The van der Waals surface area contributed by atoms with Crippen LogP contribution in [0.25, 0.3) is 0 Å². The first-order chi connectivity index (χ1) is 8.68. The lowest BCUT2D eigenvalue weighted by Gasteiger charge is -2.34. The van der Waals surface area contributed by atoms with Crippen molar-refractivity contribution in [3.63, 3.8) is 0 Å². The molecule has 0 aromatic carbocycles. The fourth-order valence-corrected chi connectivity index (χ4v) is 4.34. The Kier molecular flexibility index (Phi) is 3.68. The first kappa shape index (κ1) is 12.9. The predicted octanol–water partition coefficient (Wildman–Crippen LogP) is 3.63. The van der Waals surface area contributed by atoms with Crippen LogP contribution in [0.5, 0.6) is 0 Å². The normalized spacial score (nSPS) is 48.3. The van der Waals surface area contributed by atoms with Gasteiger partial charge in [-0.15, -0.1) is 0 Å². The van der Waals surface area contributed by atoms with E-state index < -0.39 is 0 Å². The average Bonchev–Trinajstić information content (AvgIpc) is 2.98. The van der Waals surface area contributed by atoms with Crippen molar-refractivity contribution in [1.82, 2.24) is 10.9 Å². The van der Waals surface area contributed by atoms with Gasteiger partial charge in [0, 0.05) is 12.1 Å². The molecule has 0 radical (unpaired) electrons. The van der Waals surface area contributed by atoms with Crippen LogP contribution >= 0.6 is 0 Å². The molecule has 0 aromatic rings. The van der Waals surface area contributed by atoms with Gasteiger partial charge in [0.05, 0.1) is 0 Å². The largest absolute Gasteiger partial charge is 0.255 e. The van der Waals surface area contributed by atoms with E-state index in [0.29, 0.717) is 0 Å². The van der Waals surface area contributed by atoms with Crippen molar-refractivity contribution in [2.45, 2.75) is 83.7 Å². The lowest BCUT2D eigenvalue weighted by atomic mass is 9.82. The van der Waals surface area contributed by atoms with Gasteiger partial charge in [0.15, 0.2) is 0 Å². The minimum Gasteiger partial charge on any atom is -0.255 e. The molecule has 2 heteroatoms. The van der Waals surface area contributed by atoms with E-state index in [2.05, 4.69) is 24.7 Å². The average molecular weight is 250 g/mol. The maximum Gasteiger partial charge on any atom is 0.0218 e.